The summed E-state index contributed by atoms with van der Waals surface area (Å²) >= 11 is 0. The predicted molar refractivity (Wildman–Crippen MR) is 236 cm³/mol. The maximum absolute atomic E-state index is 12.1. The molecule has 1 aliphatic rings. The molecule has 2 N–H and O–H groups in total. The molecule has 9 rings (SSSR count). The Kier molecular flexibility index (Phi) is 12.1. The van der Waals surface area contributed by atoms with Gasteiger partial charge in [-0.25, -0.2) is 24.7 Å². The summed E-state index contributed by atoms with van der Waals surface area (Å²) in [6.07, 6.45) is 4.90. The second-order valence-corrected chi connectivity index (χ2v) is 13.6. The summed E-state index contributed by atoms with van der Waals surface area (Å²) in [5.41, 5.74) is 8.05. The number of carbonyl (C=O) groups is 1. The van der Waals surface area contributed by atoms with Crippen molar-refractivity contribution < 1.29 is 14.4 Å². The van der Waals surface area contributed by atoms with Gasteiger partial charge in [0.1, 0.15) is 11.6 Å². The van der Waals surface area contributed by atoms with E-state index in [2.05, 4.69) is 78.7 Å². The van der Waals surface area contributed by atoms with E-state index in [-0.39, 0.29) is 18.7 Å². The number of esters is 1. The third kappa shape index (κ3) is 8.98. The maximum atomic E-state index is 12.1. The first kappa shape index (κ1) is 39.0. The SMILES string of the molecule is C=Cc1nc(NCc2ccccn2)c2c(-c3ccccc3)cccc2n1.CCOC(=O)C1=NOC(c2nc(NCc3ccccn3)c3c(-c4ccccc4)cccc3n2)C1. The van der Waals surface area contributed by atoms with Crippen LogP contribution in [0.15, 0.2) is 158 Å². The largest absolute Gasteiger partial charge is 0.461 e. The summed E-state index contributed by atoms with van der Waals surface area (Å²) in [7, 11) is 0. The number of nitrogens with one attached hydrogen (secondary N) is 2. The molecule has 12 nitrogen and oxygen atoms in total. The number of pyridine rings is 2. The highest BCUT2D eigenvalue weighted by Crippen LogP contribution is 2.36. The van der Waals surface area contributed by atoms with Gasteiger partial charge in [-0.05, 0) is 71.7 Å². The molecular weight excluding hydrogens is 751 g/mol. The van der Waals surface area contributed by atoms with Crippen LogP contribution in [0.4, 0.5) is 11.6 Å². The summed E-state index contributed by atoms with van der Waals surface area (Å²) in [4.78, 5) is 45.2. The van der Waals surface area contributed by atoms with E-state index in [1.54, 1.807) is 25.4 Å². The molecule has 4 aromatic carbocycles. The molecular formula is C48H41N9O3. The first-order valence-electron chi connectivity index (χ1n) is 19.6. The van der Waals surface area contributed by atoms with Crippen LogP contribution in [-0.2, 0) is 27.5 Å². The molecule has 0 saturated heterocycles. The molecule has 60 heavy (non-hydrogen) atoms. The molecule has 0 aliphatic carbocycles. The minimum absolute atomic E-state index is 0.233. The van der Waals surface area contributed by atoms with Crippen LogP contribution in [0.5, 0.6) is 0 Å². The zero-order chi connectivity index (χ0) is 41.1. The van der Waals surface area contributed by atoms with Gasteiger partial charge in [0.05, 0.1) is 52.9 Å². The van der Waals surface area contributed by atoms with Gasteiger partial charge in [-0.1, -0.05) is 109 Å². The lowest BCUT2D eigenvalue weighted by Gasteiger charge is -2.16. The Morgan fingerprint density at radius 1 is 0.683 bits per heavy atom. The number of nitrogens with zero attached hydrogens (tertiary/aromatic N) is 7. The van der Waals surface area contributed by atoms with Crippen molar-refractivity contribution in [1.29, 1.82) is 0 Å². The van der Waals surface area contributed by atoms with Crippen molar-refractivity contribution in [2.45, 2.75) is 32.5 Å². The summed E-state index contributed by atoms with van der Waals surface area (Å²) in [5, 5.41) is 12.7. The molecule has 5 heterocycles. The van der Waals surface area contributed by atoms with E-state index in [4.69, 9.17) is 19.5 Å². The number of rotatable bonds is 12. The third-order valence-corrected chi connectivity index (χ3v) is 9.63. The number of oxime groups is 1. The summed E-state index contributed by atoms with van der Waals surface area (Å²) in [6.45, 7) is 6.92. The number of hydrogen-bond donors (Lipinski definition) is 2. The Morgan fingerprint density at radius 2 is 1.23 bits per heavy atom. The Morgan fingerprint density at radius 3 is 1.77 bits per heavy atom. The van der Waals surface area contributed by atoms with E-state index >= 15 is 0 Å². The first-order chi connectivity index (χ1) is 29.6. The minimum atomic E-state index is -0.570. The zero-order valence-corrected chi connectivity index (χ0v) is 32.9. The van der Waals surface area contributed by atoms with Gasteiger partial charge in [-0.15, -0.1) is 0 Å². The first-order valence-corrected chi connectivity index (χ1v) is 19.6. The number of fused-ring (bicyclic) bond motifs is 2. The van der Waals surface area contributed by atoms with Crippen molar-refractivity contribution >= 4 is 51.2 Å². The van der Waals surface area contributed by atoms with Crippen LogP contribution in [0.1, 0.15) is 42.5 Å². The highest BCUT2D eigenvalue weighted by molar-refractivity contribution is 6.36. The molecule has 296 valence electrons. The van der Waals surface area contributed by atoms with Crippen LogP contribution in [0.3, 0.4) is 0 Å². The fraction of sp³-hybridized carbons (Fsp3) is 0.125. The predicted octanol–water partition coefficient (Wildman–Crippen LogP) is 9.63. The number of benzene rings is 4. The Labute approximate surface area is 347 Å². The highest BCUT2D eigenvalue weighted by atomic mass is 16.6. The summed E-state index contributed by atoms with van der Waals surface area (Å²) in [6, 6.07) is 44.2. The number of hydrogen-bond acceptors (Lipinski definition) is 12. The molecule has 1 aliphatic heterocycles. The van der Waals surface area contributed by atoms with Crippen molar-refractivity contribution in [1.82, 2.24) is 29.9 Å². The fourth-order valence-corrected chi connectivity index (χ4v) is 6.81. The minimum Gasteiger partial charge on any atom is -0.461 e. The van der Waals surface area contributed by atoms with Gasteiger partial charge in [0.25, 0.3) is 0 Å². The van der Waals surface area contributed by atoms with Gasteiger partial charge in [-0.3, -0.25) is 9.97 Å². The molecule has 1 unspecified atom stereocenters. The normalized spacial score (nSPS) is 13.1. The van der Waals surface area contributed by atoms with E-state index in [0.717, 1.165) is 61.3 Å². The molecule has 0 fully saturated rings. The van der Waals surface area contributed by atoms with Crippen molar-refractivity contribution in [2.75, 3.05) is 17.2 Å². The molecule has 0 amide bonds. The van der Waals surface area contributed by atoms with Crippen molar-refractivity contribution in [3.05, 3.63) is 175 Å². The quantitative estimate of drug-likeness (QED) is 0.114. The van der Waals surface area contributed by atoms with Crippen LogP contribution >= 0.6 is 0 Å². The number of carbonyl (C=O) groups excluding carboxylic acids is 1. The van der Waals surface area contributed by atoms with Crippen molar-refractivity contribution in [2.24, 2.45) is 5.16 Å². The maximum Gasteiger partial charge on any atom is 0.356 e. The van der Waals surface area contributed by atoms with Crippen LogP contribution in [0.2, 0.25) is 0 Å². The molecule has 8 aromatic rings. The third-order valence-electron chi connectivity index (χ3n) is 9.63. The van der Waals surface area contributed by atoms with Crippen molar-refractivity contribution in [3.8, 4) is 22.3 Å². The molecule has 4 aromatic heterocycles. The molecule has 0 saturated carbocycles. The van der Waals surface area contributed by atoms with Gasteiger partial charge in [0.2, 0.25) is 0 Å². The number of anilines is 2. The molecule has 0 radical (unpaired) electrons. The smallest absolute Gasteiger partial charge is 0.356 e. The van der Waals surface area contributed by atoms with Gasteiger partial charge < -0.3 is 20.2 Å². The van der Waals surface area contributed by atoms with Crippen LogP contribution in [-0.4, -0.2) is 48.2 Å². The molecule has 12 heteroatoms. The summed E-state index contributed by atoms with van der Waals surface area (Å²) in [5.74, 6) is 2.02. The number of ether oxygens (including phenoxy) is 1. The lowest BCUT2D eigenvalue weighted by molar-refractivity contribution is -0.135. The van der Waals surface area contributed by atoms with E-state index in [1.807, 2.05) is 97.1 Å². The average molecular weight is 792 g/mol. The lowest BCUT2D eigenvalue weighted by atomic mass is 10.0. The Hall–Kier alpha value is -7.86. The molecule has 0 spiro atoms. The topological polar surface area (TPSA) is 149 Å². The zero-order valence-electron chi connectivity index (χ0n) is 32.9. The highest BCUT2D eigenvalue weighted by Gasteiger charge is 2.31. The lowest BCUT2D eigenvalue weighted by Crippen LogP contribution is -2.17. The average Bonchev–Trinajstić information content (AvgIpc) is 3.82. The van der Waals surface area contributed by atoms with Gasteiger partial charge in [0.15, 0.2) is 23.5 Å². The van der Waals surface area contributed by atoms with Gasteiger partial charge in [0, 0.05) is 18.8 Å². The molecule has 0 bridgehead atoms. The monoisotopic (exact) mass is 791 g/mol. The standard InChI is InChI=1S/C26H23N5O3.C22H18N4/c1-2-33-26(32)21-15-22(34-31-21)24-29-20-13-8-12-19(17-9-4-3-5-10-17)23(20)25(30-24)28-16-18-11-6-7-14-27-18;1-2-20-25-19-13-8-12-18(16-9-4-3-5-10-16)21(19)22(26-20)24-15-17-11-6-7-14-23-17/h3-14,22H,2,15-16H2,1H3,(H,28,29,30);2-14H,1,15H2,(H,24,25,26). The van der Waals surface area contributed by atoms with Crippen LogP contribution in [0, 0.1) is 0 Å². The van der Waals surface area contributed by atoms with E-state index in [0.29, 0.717) is 30.6 Å². The van der Waals surface area contributed by atoms with Gasteiger partial charge >= 0.3 is 5.97 Å². The van der Waals surface area contributed by atoms with E-state index in [9.17, 15) is 4.79 Å². The fourth-order valence-electron chi connectivity index (χ4n) is 6.81. The van der Waals surface area contributed by atoms with Gasteiger partial charge in [-0.2, -0.15) is 0 Å². The Bertz CT molecular complexity index is 2770. The molecule has 1 atom stereocenters. The van der Waals surface area contributed by atoms with Crippen LogP contribution < -0.4 is 10.6 Å². The van der Waals surface area contributed by atoms with Crippen molar-refractivity contribution in [3.63, 3.8) is 0 Å². The van der Waals surface area contributed by atoms with E-state index < -0.39 is 12.1 Å². The Balaban J connectivity index is 0.000000172. The second-order valence-electron chi connectivity index (χ2n) is 13.6. The summed E-state index contributed by atoms with van der Waals surface area (Å²) < 4.78 is 5.05. The number of aromatic nitrogens is 6. The van der Waals surface area contributed by atoms with E-state index in [1.165, 1.54) is 0 Å². The van der Waals surface area contributed by atoms with Crippen LogP contribution in [0.25, 0.3) is 50.1 Å². The second kappa shape index (κ2) is 18.6.